The number of benzene rings is 1. The maximum Gasteiger partial charge on any atom is 0.418 e. The minimum absolute atomic E-state index is 0.00630. The van der Waals surface area contributed by atoms with E-state index in [1.807, 2.05) is 13.8 Å². The number of nitrogens with zero attached hydrogens (tertiary/aromatic N) is 2. The van der Waals surface area contributed by atoms with Crippen LogP contribution in [0.5, 0.6) is 0 Å². The fourth-order valence-electron chi connectivity index (χ4n) is 2.03. The molecule has 0 fully saturated rings. The molecule has 0 aliphatic heterocycles. The van der Waals surface area contributed by atoms with Crippen molar-refractivity contribution in [3.8, 4) is 0 Å². The average Bonchev–Trinajstić information content (AvgIpc) is 2.36. The van der Waals surface area contributed by atoms with Crippen molar-refractivity contribution in [3.63, 3.8) is 0 Å². The molecule has 20 heavy (non-hydrogen) atoms. The van der Waals surface area contributed by atoms with Gasteiger partial charge in [0.05, 0.1) is 10.5 Å². The van der Waals surface area contributed by atoms with Gasteiger partial charge in [-0.15, -0.1) is 0 Å². The highest BCUT2D eigenvalue weighted by molar-refractivity contribution is 5.59. The van der Waals surface area contributed by atoms with Crippen molar-refractivity contribution in [3.05, 3.63) is 33.9 Å². The smallest absolute Gasteiger partial charge is 0.371 e. The summed E-state index contributed by atoms with van der Waals surface area (Å²) in [7, 11) is 0. The number of anilines is 1. The van der Waals surface area contributed by atoms with Crippen molar-refractivity contribution < 1.29 is 18.1 Å². The molecule has 0 aliphatic rings. The van der Waals surface area contributed by atoms with Crippen LogP contribution in [0, 0.1) is 10.1 Å². The van der Waals surface area contributed by atoms with E-state index in [9.17, 15) is 23.3 Å². The highest BCUT2D eigenvalue weighted by Gasteiger charge is 2.36. The van der Waals surface area contributed by atoms with Crippen LogP contribution in [-0.4, -0.2) is 18.0 Å². The predicted molar refractivity (Wildman–Crippen MR) is 70.9 cm³/mol. The van der Waals surface area contributed by atoms with E-state index in [0.717, 1.165) is 6.07 Å². The van der Waals surface area contributed by atoms with E-state index in [1.54, 1.807) is 4.90 Å². The quantitative estimate of drug-likeness (QED) is 0.581. The Morgan fingerprint density at radius 3 is 2.15 bits per heavy atom. The van der Waals surface area contributed by atoms with E-state index in [-0.39, 0.29) is 5.69 Å². The summed E-state index contributed by atoms with van der Waals surface area (Å²) in [6, 6.07) is 2.91. The van der Waals surface area contributed by atoms with E-state index in [4.69, 9.17) is 0 Å². The van der Waals surface area contributed by atoms with E-state index in [2.05, 4.69) is 0 Å². The number of alkyl halides is 3. The molecular weight excluding hydrogens is 273 g/mol. The van der Waals surface area contributed by atoms with E-state index in [1.165, 1.54) is 6.07 Å². The average molecular weight is 290 g/mol. The van der Waals surface area contributed by atoms with Crippen LogP contribution in [0.4, 0.5) is 24.5 Å². The number of rotatable bonds is 6. The molecule has 0 spiro atoms. The van der Waals surface area contributed by atoms with Crippen molar-refractivity contribution >= 4 is 11.4 Å². The minimum Gasteiger partial charge on any atom is -0.371 e. The largest absolute Gasteiger partial charge is 0.418 e. The molecule has 1 aromatic carbocycles. The minimum atomic E-state index is -4.61. The van der Waals surface area contributed by atoms with E-state index < -0.39 is 22.4 Å². The van der Waals surface area contributed by atoms with E-state index in [0.29, 0.717) is 32.0 Å². The SMILES string of the molecule is CCCN(CCC)c1ccc([N+](=O)[O-])cc1C(F)(F)F. The Labute approximate surface area is 115 Å². The van der Waals surface area contributed by atoms with Crippen molar-refractivity contribution in [2.75, 3.05) is 18.0 Å². The summed E-state index contributed by atoms with van der Waals surface area (Å²) in [5.74, 6) is 0. The number of hydrogen-bond acceptors (Lipinski definition) is 3. The zero-order valence-corrected chi connectivity index (χ0v) is 11.4. The van der Waals surface area contributed by atoms with Crippen molar-refractivity contribution in [2.45, 2.75) is 32.9 Å². The van der Waals surface area contributed by atoms with Gasteiger partial charge in [0, 0.05) is 30.9 Å². The number of non-ortho nitro benzene ring substituents is 1. The number of halogens is 3. The molecule has 0 amide bonds. The first-order valence-electron chi connectivity index (χ1n) is 6.41. The second-order valence-corrected chi connectivity index (χ2v) is 4.44. The summed E-state index contributed by atoms with van der Waals surface area (Å²) in [5, 5.41) is 10.6. The van der Waals surface area contributed by atoms with Gasteiger partial charge < -0.3 is 4.90 Å². The maximum atomic E-state index is 13.1. The molecule has 0 heterocycles. The monoisotopic (exact) mass is 290 g/mol. The topological polar surface area (TPSA) is 46.4 Å². The second-order valence-electron chi connectivity index (χ2n) is 4.44. The lowest BCUT2D eigenvalue weighted by atomic mass is 10.1. The molecule has 7 heteroatoms. The fraction of sp³-hybridized carbons (Fsp3) is 0.538. The van der Waals surface area contributed by atoms with Crippen LogP contribution in [-0.2, 0) is 6.18 Å². The van der Waals surface area contributed by atoms with Crippen LogP contribution in [0.15, 0.2) is 18.2 Å². The van der Waals surface area contributed by atoms with Gasteiger partial charge in [-0.25, -0.2) is 0 Å². The lowest BCUT2D eigenvalue weighted by Crippen LogP contribution is -2.27. The number of hydrogen-bond donors (Lipinski definition) is 0. The third kappa shape index (κ3) is 3.85. The summed E-state index contributed by atoms with van der Waals surface area (Å²) >= 11 is 0. The maximum absolute atomic E-state index is 13.1. The van der Waals surface area contributed by atoms with Gasteiger partial charge in [-0.05, 0) is 18.9 Å². The first-order chi connectivity index (χ1) is 9.31. The van der Waals surface area contributed by atoms with Crippen LogP contribution in [0.1, 0.15) is 32.3 Å². The molecule has 0 saturated carbocycles. The zero-order chi connectivity index (χ0) is 15.3. The van der Waals surface area contributed by atoms with Gasteiger partial charge in [0.25, 0.3) is 5.69 Å². The Bertz CT molecular complexity index is 469. The molecule has 4 nitrogen and oxygen atoms in total. The molecule has 1 aromatic rings. The van der Waals surface area contributed by atoms with Crippen LogP contribution >= 0.6 is 0 Å². The van der Waals surface area contributed by atoms with Crippen molar-refractivity contribution in [2.24, 2.45) is 0 Å². The normalized spacial score (nSPS) is 11.4. The van der Waals surface area contributed by atoms with Gasteiger partial charge in [-0.3, -0.25) is 10.1 Å². The molecular formula is C13H17F3N2O2. The molecule has 1 rings (SSSR count). The molecule has 0 N–H and O–H groups in total. The Hall–Kier alpha value is -1.79. The molecule has 0 aromatic heterocycles. The van der Waals surface area contributed by atoms with Gasteiger partial charge in [-0.2, -0.15) is 13.2 Å². The first kappa shape index (κ1) is 16.3. The van der Waals surface area contributed by atoms with Gasteiger partial charge in [0.1, 0.15) is 0 Å². The lowest BCUT2D eigenvalue weighted by Gasteiger charge is -2.26. The standard InChI is InChI=1S/C13H17F3N2O2/c1-3-7-17(8-4-2)12-6-5-10(18(19)20)9-11(12)13(14,15)16/h5-6,9H,3-4,7-8H2,1-2H3. The van der Waals surface area contributed by atoms with Gasteiger partial charge in [0.15, 0.2) is 0 Å². The Morgan fingerprint density at radius 1 is 1.20 bits per heavy atom. The van der Waals surface area contributed by atoms with E-state index >= 15 is 0 Å². The molecule has 0 aliphatic carbocycles. The Morgan fingerprint density at radius 2 is 1.75 bits per heavy atom. The number of nitro groups is 1. The Kier molecular flexibility index (Phi) is 5.35. The van der Waals surface area contributed by atoms with Crippen molar-refractivity contribution in [1.29, 1.82) is 0 Å². The summed E-state index contributed by atoms with van der Waals surface area (Å²) in [6.45, 7) is 4.71. The molecule has 112 valence electrons. The summed E-state index contributed by atoms with van der Waals surface area (Å²) in [6.07, 6.45) is -3.20. The fourth-order valence-corrected chi connectivity index (χ4v) is 2.03. The first-order valence-corrected chi connectivity index (χ1v) is 6.41. The number of nitro benzene ring substituents is 1. The van der Waals surface area contributed by atoms with Crippen LogP contribution in [0.3, 0.4) is 0 Å². The van der Waals surface area contributed by atoms with Gasteiger partial charge in [-0.1, -0.05) is 13.8 Å². The highest BCUT2D eigenvalue weighted by atomic mass is 19.4. The van der Waals surface area contributed by atoms with Crippen LogP contribution < -0.4 is 4.90 Å². The molecule has 0 radical (unpaired) electrons. The zero-order valence-electron chi connectivity index (χ0n) is 11.4. The highest BCUT2D eigenvalue weighted by Crippen LogP contribution is 2.38. The third-order valence-corrected chi connectivity index (χ3v) is 2.82. The van der Waals surface area contributed by atoms with Crippen LogP contribution in [0.2, 0.25) is 0 Å². The molecule has 0 unspecified atom stereocenters. The molecule has 0 atom stereocenters. The van der Waals surface area contributed by atoms with Gasteiger partial charge >= 0.3 is 6.18 Å². The predicted octanol–water partition coefficient (Wildman–Crippen LogP) is 4.24. The lowest BCUT2D eigenvalue weighted by molar-refractivity contribution is -0.385. The molecule has 0 bridgehead atoms. The second kappa shape index (κ2) is 6.58. The third-order valence-electron chi connectivity index (χ3n) is 2.82. The van der Waals surface area contributed by atoms with Crippen molar-refractivity contribution in [1.82, 2.24) is 0 Å². The summed E-state index contributed by atoms with van der Waals surface area (Å²) < 4.78 is 39.3. The molecule has 0 saturated heterocycles. The Balaban J connectivity index is 3.33. The van der Waals surface area contributed by atoms with Gasteiger partial charge in [0.2, 0.25) is 0 Å². The summed E-state index contributed by atoms with van der Waals surface area (Å²) in [5.41, 5.74) is -1.49. The van der Waals surface area contributed by atoms with Crippen LogP contribution in [0.25, 0.3) is 0 Å². The summed E-state index contributed by atoms with van der Waals surface area (Å²) in [4.78, 5) is 11.4.